The summed E-state index contributed by atoms with van der Waals surface area (Å²) in [7, 11) is 0. The smallest absolute Gasteiger partial charge is 0.244 e. The number of aryl methyl sites for hydroxylation is 1. The van der Waals surface area contributed by atoms with E-state index in [4.69, 9.17) is 0 Å². The molecule has 0 atom stereocenters. The average molecular weight is 229 g/mol. The fourth-order valence-electron chi connectivity index (χ4n) is 1.66. The van der Waals surface area contributed by atoms with E-state index in [1.165, 1.54) is 43.6 Å². The Bertz CT molecular complexity index is 281. The summed E-state index contributed by atoms with van der Waals surface area (Å²) in [6.07, 6.45) is 6.83. The molecular formula is C9H15N3S2. The molecule has 1 saturated carbocycles. The monoisotopic (exact) mass is 229 g/mol. The fraction of sp³-hybridized carbons (Fsp3) is 0.778. The molecule has 78 valence electrons. The molecule has 0 spiro atoms. The van der Waals surface area contributed by atoms with Crippen molar-refractivity contribution in [1.29, 1.82) is 0 Å². The first-order valence-corrected chi connectivity index (χ1v) is 6.72. The lowest BCUT2D eigenvalue weighted by atomic mass is 10.0. The summed E-state index contributed by atoms with van der Waals surface area (Å²) in [5, 5.41) is 1.78. The number of hydrogen-bond donors (Lipinski definition) is 1. The molecule has 3 nitrogen and oxygen atoms in total. The lowest BCUT2D eigenvalue weighted by Gasteiger charge is -2.20. The summed E-state index contributed by atoms with van der Waals surface area (Å²) >= 11 is 3.25. The van der Waals surface area contributed by atoms with Crippen molar-refractivity contribution < 1.29 is 0 Å². The van der Waals surface area contributed by atoms with Gasteiger partial charge in [0, 0.05) is 5.25 Å². The highest BCUT2D eigenvalue weighted by atomic mass is 32.2. The van der Waals surface area contributed by atoms with E-state index in [0.29, 0.717) is 0 Å². The van der Waals surface area contributed by atoms with E-state index in [1.807, 2.05) is 6.92 Å². The van der Waals surface area contributed by atoms with Crippen LogP contribution in [0.1, 0.15) is 37.1 Å². The van der Waals surface area contributed by atoms with Crippen LogP contribution in [0.3, 0.4) is 0 Å². The Morgan fingerprint density at radius 3 is 2.79 bits per heavy atom. The second kappa shape index (κ2) is 4.98. The van der Waals surface area contributed by atoms with Gasteiger partial charge in [-0.15, -0.1) is 0 Å². The quantitative estimate of drug-likeness (QED) is 0.807. The van der Waals surface area contributed by atoms with Gasteiger partial charge in [-0.2, -0.15) is 4.37 Å². The lowest BCUT2D eigenvalue weighted by molar-refractivity contribution is 0.516. The molecule has 5 heteroatoms. The standard InChI is InChI=1S/C9H15N3S2/c1-7-10-9(11-13-7)12-14-8-5-3-2-4-6-8/h8H,2-6H2,1H3,(H,11,12). The Labute approximate surface area is 93.0 Å². The third-order valence-electron chi connectivity index (χ3n) is 2.40. The predicted octanol–water partition coefficient (Wildman–Crippen LogP) is 3.24. The fourth-order valence-corrected chi connectivity index (χ4v) is 3.08. The highest BCUT2D eigenvalue weighted by Crippen LogP contribution is 2.28. The number of hydrogen-bond acceptors (Lipinski definition) is 5. The van der Waals surface area contributed by atoms with Gasteiger partial charge in [0.2, 0.25) is 5.95 Å². The van der Waals surface area contributed by atoms with E-state index in [1.54, 1.807) is 11.9 Å². The summed E-state index contributed by atoms with van der Waals surface area (Å²) in [5.41, 5.74) is 0. The normalized spacial score (nSPS) is 18.4. The molecule has 1 aromatic heterocycles. The Hall–Kier alpha value is -0.290. The van der Waals surface area contributed by atoms with E-state index in [0.717, 1.165) is 16.2 Å². The molecule has 0 aromatic carbocycles. The molecule has 1 N–H and O–H groups in total. The molecule has 0 bridgehead atoms. The minimum absolute atomic E-state index is 0.757. The summed E-state index contributed by atoms with van der Waals surface area (Å²) in [5.74, 6) is 0.781. The van der Waals surface area contributed by atoms with Crippen LogP contribution in [0.15, 0.2) is 0 Å². The van der Waals surface area contributed by atoms with Crippen molar-refractivity contribution in [3.05, 3.63) is 5.01 Å². The Balaban J connectivity index is 1.76. The minimum Gasteiger partial charge on any atom is -0.297 e. The van der Waals surface area contributed by atoms with Crippen LogP contribution in [0.2, 0.25) is 0 Å². The zero-order valence-electron chi connectivity index (χ0n) is 8.32. The van der Waals surface area contributed by atoms with E-state index >= 15 is 0 Å². The Kier molecular flexibility index (Phi) is 3.64. The molecule has 1 aliphatic carbocycles. The number of aromatic nitrogens is 2. The van der Waals surface area contributed by atoms with Gasteiger partial charge in [-0.3, -0.25) is 4.72 Å². The second-order valence-corrected chi connectivity index (χ2v) is 5.68. The van der Waals surface area contributed by atoms with Gasteiger partial charge in [0.25, 0.3) is 0 Å². The molecule has 0 amide bonds. The van der Waals surface area contributed by atoms with Crippen LogP contribution >= 0.6 is 23.5 Å². The molecule has 1 aliphatic rings. The molecule has 1 fully saturated rings. The number of anilines is 1. The molecule has 0 radical (unpaired) electrons. The van der Waals surface area contributed by atoms with Crippen LogP contribution < -0.4 is 4.72 Å². The molecule has 14 heavy (non-hydrogen) atoms. The van der Waals surface area contributed by atoms with Gasteiger partial charge in [0.05, 0.1) is 0 Å². The second-order valence-electron chi connectivity index (χ2n) is 3.62. The van der Waals surface area contributed by atoms with Gasteiger partial charge in [-0.1, -0.05) is 19.3 Å². The first kappa shape index (κ1) is 10.2. The van der Waals surface area contributed by atoms with Crippen LogP contribution in [-0.4, -0.2) is 14.6 Å². The average Bonchev–Trinajstić information content (AvgIpc) is 2.63. The molecule has 1 aromatic rings. The van der Waals surface area contributed by atoms with Crippen molar-refractivity contribution in [2.24, 2.45) is 0 Å². The zero-order valence-corrected chi connectivity index (χ0v) is 9.96. The van der Waals surface area contributed by atoms with Crippen LogP contribution in [0, 0.1) is 6.92 Å². The molecular weight excluding hydrogens is 214 g/mol. The molecule has 2 rings (SSSR count). The van der Waals surface area contributed by atoms with Gasteiger partial charge in [0.1, 0.15) is 5.01 Å². The SMILES string of the molecule is Cc1nc(NSC2CCCCC2)ns1. The van der Waals surface area contributed by atoms with Crippen molar-refractivity contribution in [2.45, 2.75) is 44.3 Å². The third kappa shape index (κ3) is 2.85. The highest BCUT2D eigenvalue weighted by Gasteiger charge is 2.14. The maximum absolute atomic E-state index is 4.27. The Morgan fingerprint density at radius 2 is 2.14 bits per heavy atom. The van der Waals surface area contributed by atoms with E-state index in [9.17, 15) is 0 Å². The van der Waals surface area contributed by atoms with Gasteiger partial charge in [-0.05, 0) is 43.2 Å². The van der Waals surface area contributed by atoms with E-state index in [2.05, 4.69) is 14.1 Å². The summed E-state index contributed by atoms with van der Waals surface area (Å²) in [4.78, 5) is 4.27. The van der Waals surface area contributed by atoms with Crippen LogP contribution in [0.4, 0.5) is 5.95 Å². The van der Waals surface area contributed by atoms with Crippen molar-refractivity contribution in [3.8, 4) is 0 Å². The minimum atomic E-state index is 0.757. The highest BCUT2D eigenvalue weighted by molar-refractivity contribution is 8.01. The zero-order chi connectivity index (χ0) is 9.80. The van der Waals surface area contributed by atoms with Crippen molar-refractivity contribution >= 4 is 29.4 Å². The number of rotatable bonds is 3. The van der Waals surface area contributed by atoms with Crippen LogP contribution in [0.25, 0.3) is 0 Å². The summed E-state index contributed by atoms with van der Waals surface area (Å²) in [6, 6.07) is 0. The topological polar surface area (TPSA) is 37.8 Å². The van der Waals surface area contributed by atoms with Gasteiger partial charge < -0.3 is 0 Å². The van der Waals surface area contributed by atoms with E-state index in [-0.39, 0.29) is 0 Å². The van der Waals surface area contributed by atoms with Crippen molar-refractivity contribution in [2.75, 3.05) is 4.72 Å². The maximum Gasteiger partial charge on any atom is 0.244 e. The predicted molar refractivity (Wildman–Crippen MR) is 62.7 cm³/mol. The largest absolute Gasteiger partial charge is 0.297 e. The molecule has 0 unspecified atom stereocenters. The van der Waals surface area contributed by atoms with Gasteiger partial charge in [0.15, 0.2) is 0 Å². The summed E-state index contributed by atoms with van der Waals surface area (Å²) in [6.45, 7) is 1.98. The lowest BCUT2D eigenvalue weighted by Crippen LogP contribution is -2.10. The van der Waals surface area contributed by atoms with Crippen molar-refractivity contribution in [3.63, 3.8) is 0 Å². The van der Waals surface area contributed by atoms with Crippen LogP contribution in [-0.2, 0) is 0 Å². The van der Waals surface area contributed by atoms with Gasteiger partial charge >= 0.3 is 0 Å². The summed E-state index contributed by atoms with van der Waals surface area (Å²) < 4.78 is 7.44. The molecule has 1 heterocycles. The maximum atomic E-state index is 4.27. The number of nitrogens with one attached hydrogen (secondary N) is 1. The Morgan fingerprint density at radius 1 is 1.36 bits per heavy atom. The first-order chi connectivity index (χ1) is 6.84. The van der Waals surface area contributed by atoms with Crippen molar-refractivity contribution in [1.82, 2.24) is 9.36 Å². The third-order valence-corrected chi connectivity index (χ3v) is 4.12. The number of nitrogens with zero attached hydrogens (tertiary/aromatic N) is 2. The molecule has 0 aliphatic heterocycles. The first-order valence-electron chi connectivity index (χ1n) is 5.06. The van der Waals surface area contributed by atoms with Gasteiger partial charge in [-0.25, -0.2) is 4.98 Å². The molecule has 0 saturated heterocycles. The van der Waals surface area contributed by atoms with Crippen LogP contribution in [0.5, 0.6) is 0 Å². The van der Waals surface area contributed by atoms with E-state index < -0.39 is 0 Å².